The smallest absolute Gasteiger partial charge is 0.407 e. The van der Waals surface area contributed by atoms with Crippen molar-refractivity contribution in [3.05, 3.63) is 35.4 Å². The van der Waals surface area contributed by atoms with Gasteiger partial charge in [0.1, 0.15) is 5.60 Å². The van der Waals surface area contributed by atoms with E-state index in [2.05, 4.69) is 34.5 Å². The second kappa shape index (κ2) is 9.16. The number of piperidine rings is 1. The van der Waals surface area contributed by atoms with Gasteiger partial charge < -0.3 is 15.0 Å². The van der Waals surface area contributed by atoms with Crippen molar-refractivity contribution >= 4 is 12.0 Å². The molecule has 1 aromatic carbocycles. The van der Waals surface area contributed by atoms with Crippen molar-refractivity contribution < 1.29 is 14.3 Å². The molecule has 2 heterocycles. The summed E-state index contributed by atoms with van der Waals surface area (Å²) >= 11 is 0. The van der Waals surface area contributed by atoms with Gasteiger partial charge in [0, 0.05) is 32.7 Å². The van der Waals surface area contributed by atoms with Crippen LogP contribution in [-0.4, -0.2) is 59.6 Å². The normalized spacial score (nSPS) is 21.2. The number of likely N-dealkylation sites (tertiary alicyclic amines) is 1. The molecule has 1 saturated heterocycles. The lowest BCUT2D eigenvalue weighted by molar-refractivity contribution is -0.138. The average molecular weight is 402 g/mol. The van der Waals surface area contributed by atoms with Gasteiger partial charge in [0.15, 0.2) is 0 Å². The van der Waals surface area contributed by atoms with Gasteiger partial charge in [-0.3, -0.25) is 9.69 Å². The van der Waals surface area contributed by atoms with E-state index >= 15 is 0 Å². The number of nitrogens with zero attached hydrogens (tertiary/aromatic N) is 2. The van der Waals surface area contributed by atoms with Crippen LogP contribution in [0.25, 0.3) is 0 Å². The van der Waals surface area contributed by atoms with Crippen LogP contribution in [0.2, 0.25) is 0 Å². The Bertz CT molecular complexity index is 728. The van der Waals surface area contributed by atoms with Gasteiger partial charge in [-0.2, -0.15) is 0 Å². The Morgan fingerprint density at radius 3 is 2.66 bits per heavy atom. The number of ether oxygens (including phenoxy) is 1. The fourth-order valence-corrected chi connectivity index (χ4v) is 4.24. The Morgan fingerprint density at radius 2 is 1.93 bits per heavy atom. The third kappa shape index (κ3) is 5.95. The minimum Gasteiger partial charge on any atom is -0.444 e. The molecule has 2 atom stereocenters. The van der Waals surface area contributed by atoms with Gasteiger partial charge in [-0.25, -0.2) is 4.79 Å². The van der Waals surface area contributed by atoms with Crippen LogP contribution < -0.4 is 5.32 Å². The van der Waals surface area contributed by atoms with E-state index in [1.165, 1.54) is 11.1 Å². The van der Waals surface area contributed by atoms with Crippen LogP contribution in [0.4, 0.5) is 4.79 Å². The highest BCUT2D eigenvalue weighted by Gasteiger charge is 2.31. The minimum atomic E-state index is -0.499. The topological polar surface area (TPSA) is 61.9 Å². The summed E-state index contributed by atoms with van der Waals surface area (Å²) in [5, 5.41) is 2.86. The second-order valence-electron chi connectivity index (χ2n) is 9.34. The summed E-state index contributed by atoms with van der Waals surface area (Å²) in [5.74, 6) is 0.473. The highest BCUT2D eigenvalue weighted by atomic mass is 16.6. The van der Waals surface area contributed by atoms with Crippen molar-refractivity contribution in [1.29, 1.82) is 0 Å². The zero-order chi connectivity index (χ0) is 21.0. The minimum absolute atomic E-state index is 0.124. The van der Waals surface area contributed by atoms with Crippen LogP contribution in [0, 0.1) is 5.92 Å². The van der Waals surface area contributed by atoms with E-state index in [1.54, 1.807) is 0 Å². The number of hydrogen-bond donors (Lipinski definition) is 1. The summed E-state index contributed by atoms with van der Waals surface area (Å²) in [6.07, 6.45) is 2.60. The quantitative estimate of drug-likeness (QED) is 0.842. The highest BCUT2D eigenvalue weighted by molar-refractivity contribution is 5.81. The molecule has 1 fully saturated rings. The first-order chi connectivity index (χ1) is 13.7. The van der Waals surface area contributed by atoms with Crippen LogP contribution in [0.5, 0.6) is 0 Å². The molecule has 0 bridgehead atoms. The van der Waals surface area contributed by atoms with E-state index in [0.717, 1.165) is 38.9 Å². The number of amides is 2. The third-order valence-corrected chi connectivity index (χ3v) is 5.83. The molecule has 1 N–H and O–H groups in total. The van der Waals surface area contributed by atoms with Crippen LogP contribution in [0.3, 0.4) is 0 Å². The predicted octanol–water partition coefficient (Wildman–Crippen LogP) is 3.20. The van der Waals surface area contributed by atoms with Gasteiger partial charge in [-0.05, 0) is 64.0 Å². The maximum absolute atomic E-state index is 13.2. The van der Waals surface area contributed by atoms with E-state index in [9.17, 15) is 9.59 Å². The molecule has 0 aliphatic carbocycles. The van der Waals surface area contributed by atoms with E-state index in [1.807, 2.05) is 32.6 Å². The number of nitrogens with one attached hydrogen (secondary N) is 1. The Balaban J connectivity index is 1.51. The average Bonchev–Trinajstić information content (AvgIpc) is 2.70. The predicted molar refractivity (Wildman–Crippen MR) is 114 cm³/mol. The SMILES string of the molecule is CC(C(=O)N1CCCC(CNC(=O)OC(C)(C)C)C1)N1CCc2ccccc2C1. The van der Waals surface area contributed by atoms with Gasteiger partial charge in [-0.1, -0.05) is 24.3 Å². The zero-order valence-electron chi connectivity index (χ0n) is 18.2. The van der Waals surface area contributed by atoms with Crippen molar-refractivity contribution in [1.82, 2.24) is 15.1 Å². The number of alkyl carbamates (subject to hydrolysis) is 1. The Morgan fingerprint density at radius 1 is 1.21 bits per heavy atom. The molecule has 6 nitrogen and oxygen atoms in total. The standard InChI is InChI=1S/C23H35N3O3/c1-17(25-13-11-19-9-5-6-10-20(19)16-25)21(27)26-12-7-8-18(15-26)14-24-22(28)29-23(2,3)4/h5-6,9-10,17-18H,7-8,11-16H2,1-4H3,(H,24,28). The summed E-state index contributed by atoms with van der Waals surface area (Å²) in [6, 6.07) is 8.38. The molecule has 1 aromatic rings. The molecular weight excluding hydrogens is 366 g/mol. The van der Waals surface area contributed by atoms with Gasteiger partial charge in [-0.15, -0.1) is 0 Å². The third-order valence-electron chi connectivity index (χ3n) is 5.83. The largest absolute Gasteiger partial charge is 0.444 e. The number of rotatable bonds is 4. The first-order valence-corrected chi connectivity index (χ1v) is 10.8. The first kappa shape index (κ1) is 21.6. The molecule has 29 heavy (non-hydrogen) atoms. The molecule has 2 aliphatic heterocycles. The second-order valence-corrected chi connectivity index (χ2v) is 9.34. The van der Waals surface area contributed by atoms with Gasteiger partial charge in [0.05, 0.1) is 6.04 Å². The summed E-state index contributed by atoms with van der Waals surface area (Å²) in [7, 11) is 0. The van der Waals surface area contributed by atoms with Crippen molar-refractivity contribution in [2.75, 3.05) is 26.2 Å². The number of benzene rings is 1. The lowest BCUT2D eigenvalue weighted by atomic mass is 9.96. The molecule has 6 heteroatoms. The summed E-state index contributed by atoms with van der Waals surface area (Å²) < 4.78 is 5.31. The molecule has 2 unspecified atom stereocenters. The molecule has 0 radical (unpaired) electrons. The van der Waals surface area contributed by atoms with Crippen LogP contribution in [0.1, 0.15) is 51.7 Å². The molecule has 0 spiro atoms. The number of carbonyl (C=O) groups is 2. The van der Waals surface area contributed by atoms with Crippen molar-refractivity contribution in [3.63, 3.8) is 0 Å². The van der Waals surface area contributed by atoms with Crippen LogP contribution in [-0.2, 0) is 22.5 Å². The number of hydrogen-bond acceptors (Lipinski definition) is 4. The van der Waals surface area contributed by atoms with Gasteiger partial charge >= 0.3 is 6.09 Å². The fourth-order valence-electron chi connectivity index (χ4n) is 4.24. The zero-order valence-corrected chi connectivity index (χ0v) is 18.2. The molecule has 0 saturated carbocycles. The summed E-state index contributed by atoms with van der Waals surface area (Å²) in [4.78, 5) is 29.3. The molecule has 2 aliphatic rings. The molecule has 160 valence electrons. The van der Waals surface area contributed by atoms with Crippen molar-refractivity contribution in [2.24, 2.45) is 5.92 Å². The molecular formula is C23H35N3O3. The Kier molecular flexibility index (Phi) is 6.83. The van der Waals surface area contributed by atoms with E-state index in [4.69, 9.17) is 4.74 Å². The van der Waals surface area contributed by atoms with Crippen LogP contribution in [0.15, 0.2) is 24.3 Å². The maximum atomic E-state index is 13.2. The molecule has 0 aromatic heterocycles. The summed E-state index contributed by atoms with van der Waals surface area (Å²) in [6.45, 7) is 11.4. The van der Waals surface area contributed by atoms with E-state index < -0.39 is 5.60 Å². The molecule has 2 amide bonds. The van der Waals surface area contributed by atoms with Crippen molar-refractivity contribution in [2.45, 2.75) is 65.1 Å². The van der Waals surface area contributed by atoms with E-state index in [-0.39, 0.29) is 24.0 Å². The molecule has 3 rings (SSSR count). The lowest BCUT2D eigenvalue weighted by Gasteiger charge is -2.38. The Hall–Kier alpha value is -2.08. The first-order valence-electron chi connectivity index (χ1n) is 10.8. The number of fused-ring (bicyclic) bond motifs is 1. The van der Waals surface area contributed by atoms with Crippen LogP contribution >= 0.6 is 0 Å². The number of carbonyl (C=O) groups excluding carboxylic acids is 2. The van der Waals surface area contributed by atoms with Gasteiger partial charge in [0.25, 0.3) is 0 Å². The Labute approximate surface area is 174 Å². The maximum Gasteiger partial charge on any atom is 0.407 e. The highest BCUT2D eigenvalue weighted by Crippen LogP contribution is 2.23. The fraction of sp³-hybridized carbons (Fsp3) is 0.652. The van der Waals surface area contributed by atoms with E-state index in [0.29, 0.717) is 13.1 Å². The monoisotopic (exact) mass is 401 g/mol. The summed E-state index contributed by atoms with van der Waals surface area (Å²) in [5.41, 5.74) is 2.23. The lowest BCUT2D eigenvalue weighted by Crippen LogP contribution is -2.52. The van der Waals surface area contributed by atoms with Crippen molar-refractivity contribution in [3.8, 4) is 0 Å². The van der Waals surface area contributed by atoms with Gasteiger partial charge in [0.2, 0.25) is 5.91 Å².